The first-order chi connectivity index (χ1) is 9.31. The van der Waals surface area contributed by atoms with E-state index in [0.29, 0.717) is 0 Å². The van der Waals surface area contributed by atoms with Crippen LogP contribution in [-0.2, 0) is 6.42 Å². The highest BCUT2D eigenvalue weighted by Gasteiger charge is 2.05. The van der Waals surface area contributed by atoms with Gasteiger partial charge in [-0.3, -0.25) is 0 Å². The minimum Gasteiger partial charge on any atom is -0.370 e. The first kappa shape index (κ1) is 13.8. The molecule has 0 unspecified atom stereocenters. The molecule has 0 atom stereocenters. The van der Waals surface area contributed by atoms with E-state index >= 15 is 0 Å². The van der Waals surface area contributed by atoms with E-state index < -0.39 is 0 Å². The molecule has 2 heterocycles. The smallest absolute Gasteiger partial charge is 0.134 e. The maximum atomic E-state index is 4.31. The van der Waals surface area contributed by atoms with Gasteiger partial charge in [0.1, 0.15) is 18.0 Å². The Kier molecular flexibility index (Phi) is 5.15. The van der Waals surface area contributed by atoms with Gasteiger partial charge in [0.05, 0.1) is 0 Å². The lowest BCUT2D eigenvalue weighted by atomic mass is 10.2. The van der Waals surface area contributed by atoms with Gasteiger partial charge in [0.25, 0.3) is 0 Å². The number of nitrogens with zero attached hydrogens (tertiary/aromatic N) is 2. The second kappa shape index (κ2) is 7.09. The van der Waals surface area contributed by atoms with Gasteiger partial charge in [-0.1, -0.05) is 6.92 Å². The first-order valence-corrected chi connectivity index (χ1v) is 7.56. The number of hydrogen-bond acceptors (Lipinski definition) is 5. The number of thiophene rings is 1. The highest BCUT2D eigenvalue weighted by atomic mass is 32.1. The molecule has 19 heavy (non-hydrogen) atoms. The summed E-state index contributed by atoms with van der Waals surface area (Å²) in [5.41, 5.74) is 2.45. The van der Waals surface area contributed by atoms with E-state index in [9.17, 15) is 0 Å². The number of rotatable bonds is 7. The summed E-state index contributed by atoms with van der Waals surface area (Å²) in [6.07, 6.45) is 3.72. The molecule has 0 radical (unpaired) electrons. The molecule has 2 N–H and O–H groups in total. The standard InChI is InChI=1S/C14H20N4S/c1-3-6-15-13-11(2)14(18-10-17-13)16-7-4-12-5-8-19-9-12/h5,8-10H,3-4,6-7H2,1-2H3,(H2,15,16,17,18). The van der Waals surface area contributed by atoms with Crippen molar-refractivity contribution in [1.29, 1.82) is 0 Å². The van der Waals surface area contributed by atoms with E-state index in [-0.39, 0.29) is 0 Å². The summed E-state index contributed by atoms with van der Waals surface area (Å²) in [6.45, 7) is 6.02. The number of aromatic nitrogens is 2. The molecule has 0 aliphatic rings. The zero-order chi connectivity index (χ0) is 13.5. The molecule has 0 amide bonds. The Labute approximate surface area is 118 Å². The molecule has 2 aromatic heterocycles. The monoisotopic (exact) mass is 276 g/mol. The van der Waals surface area contributed by atoms with Gasteiger partial charge in [-0.2, -0.15) is 11.3 Å². The second-order valence-corrected chi connectivity index (χ2v) is 5.21. The molecule has 2 aromatic rings. The van der Waals surface area contributed by atoms with E-state index in [1.54, 1.807) is 17.7 Å². The summed E-state index contributed by atoms with van der Waals surface area (Å²) >= 11 is 1.74. The molecule has 0 saturated carbocycles. The van der Waals surface area contributed by atoms with E-state index in [2.05, 4.69) is 44.4 Å². The molecule has 0 bridgehead atoms. The minimum absolute atomic E-state index is 0.891. The van der Waals surface area contributed by atoms with Crippen molar-refractivity contribution in [2.45, 2.75) is 26.7 Å². The van der Waals surface area contributed by atoms with Crippen molar-refractivity contribution in [3.63, 3.8) is 0 Å². The van der Waals surface area contributed by atoms with Crippen LogP contribution < -0.4 is 10.6 Å². The third kappa shape index (κ3) is 3.92. The van der Waals surface area contributed by atoms with Crippen LogP contribution in [0, 0.1) is 6.92 Å². The van der Waals surface area contributed by atoms with Crippen molar-refractivity contribution in [3.8, 4) is 0 Å². The van der Waals surface area contributed by atoms with E-state index in [4.69, 9.17) is 0 Å². The molecule has 0 fully saturated rings. The van der Waals surface area contributed by atoms with Crippen LogP contribution in [0.15, 0.2) is 23.2 Å². The fraction of sp³-hybridized carbons (Fsp3) is 0.429. The Morgan fingerprint density at radius 1 is 1.16 bits per heavy atom. The molecule has 0 aliphatic heterocycles. The Balaban J connectivity index is 1.92. The predicted octanol–water partition coefficient (Wildman–Crippen LogP) is 3.32. The SMILES string of the molecule is CCCNc1ncnc(NCCc2ccsc2)c1C. The number of nitrogens with one attached hydrogen (secondary N) is 2. The molecule has 0 aliphatic carbocycles. The van der Waals surface area contributed by atoms with Crippen LogP contribution in [0.1, 0.15) is 24.5 Å². The van der Waals surface area contributed by atoms with Crippen molar-refractivity contribution in [2.24, 2.45) is 0 Å². The molecular weight excluding hydrogens is 256 g/mol. The van der Waals surface area contributed by atoms with Crippen LogP contribution in [0.5, 0.6) is 0 Å². The lowest BCUT2D eigenvalue weighted by molar-refractivity contribution is 0.953. The van der Waals surface area contributed by atoms with Crippen molar-refractivity contribution in [3.05, 3.63) is 34.3 Å². The van der Waals surface area contributed by atoms with Crippen LogP contribution in [0.2, 0.25) is 0 Å². The van der Waals surface area contributed by atoms with Gasteiger partial charge >= 0.3 is 0 Å². The Hall–Kier alpha value is -1.62. The second-order valence-electron chi connectivity index (χ2n) is 4.43. The van der Waals surface area contributed by atoms with Crippen molar-refractivity contribution < 1.29 is 0 Å². The summed E-state index contributed by atoms with van der Waals surface area (Å²) in [7, 11) is 0. The van der Waals surface area contributed by atoms with Gasteiger partial charge < -0.3 is 10.6 Å². The number of anilines is 2. The Morgan fingerprint density at radius 2 is 1.89 bits per heavy atom. The van der Waals surface area contributed by atoms with E-state index in [1.165, 1.54) is 5.56 Å². The molecule has 2 rings (SSSR count). The summed E-state index contributed by atoms with van der Waals surface area (Å²) in [6, 6.07) is 2.16. The van der Waals surface area contributed by atoms with Crippen molar-refractivity contribution in [2.75, 3.05) is 23.7 Å². The lowest BCUT2D eigenvalue weighted by Gasteiger charge is -2.12. The summed E-state index contributed by atoms with van der Waals surface area (Å²) in [5, 5.41) is 11.0. The van der Waals surface area contributed by atoms with E-state index in [0.717, 1.165) is 43.1 Å². The molecule has 0 spiro atoms. The average molecular weight is 276 g/mol. The quantitative estimate of drug-likeness (QED) is 0.814. The molecule has 0 saturated heterocycles. The highest BCUT2D eigenvalue weighted by Crippen LogP contribution is 2.18. The van der Waals surface area contributed by atoms with Gasteiger partial charge in [0, 0.05) is 18.7 Å². The lowest BCUT2D eigenvalue weighted by Crippen LogP contribution is -2.10. The largest absolute Gasteiger partial charge is 0.370 e. The van der Waals surface area contributed by atoms with Crippen molar-refractivity contribution in [1.82, 2.24) is 9.97 Å². The third-order valence-electron chi connectivity index (χ3n) is 2.91. The topological polar surface area (TPSA) is 49.8 Å². The Morgan fingerprint density at radius 3 is 2.53 bits per heavy atom. The van der Waals surface area contributed by atoms with Gasteiger partial charge in [0.15, 0.2) is 0 Å². The fourth-order valence-electron chi connectivity index (χ4n) is 1.81. The zero-order valence-electron chi connectivity index (χ0n) is 11.4. The molecule has 4 nitrogen and oxygen atoms in total. The van der Waals surface area contributed by atoms with Gasteiger partial charge in [-0.15, -0.1) is 0 Å². The van der Waals surface area contributed by atoms with Gasteiger partial charge in [-0.05, 0) is 42.2 Å². The number of hydrogen-bond donors (Lipinski definition) is 2. The molecule has 5 heteroatoms. The zero-order valence-corrected chi connectivity index (χ0v) is 12.3. The van der Waals surface area contributed by atoms with Crippen LogP contribution in [0.3, 0.4) is 0 Å². The van der Waals surface area contributed by atoms with Crippen LogP contribution in [0.4, 0.5) is 11.6 Å². The fourth-order valence-corrected chi connectivity index (χ4v) is 2.51. The maximum Gasteiger partial charge on any atom is 0.134 e. The molecule has 102 valence electrons. The summed E-state index contributed by atoms with van der Waals surface area (Å²) < 4.78 is 0. The van der Waals surface area contributed by atoms with Crippen LogP contribution in [0.25, 0.3) is 0 Å². The third-order valence-corrected chi connectivity index (χ3v) is 3.64. The summed E-state index contributed by atoms with van der Waals surface area (Å²) in [5.74, 6) is 1.85. The summed E-state index contributed by atoms with van der Waals surface area (Å²) in [4.78, 5) is 8.58. The molecular formula is C14H20N4S. The predicted molar refractivity (Wildman–Crippen MR) is 82.1 cm³/mol. The average Bonchev–Trinajstić information content (AvgIpc) is 2.92. The molecule has 0 aromatic carbocycles. The van der Waals surface area contributed by atoms with E-state index in [1.807, 2.05) is 6.92 Å². The highest BCUT2D eigenvalue weighted by molar-refractivity contribution is 7.07. The van der Waals surface area contributed by atoms with Crippen LogP contribution in [-0.4, -0.2) is 23.1 Å². The van der Waals surface area contributed by atoms with Crippen molar-refractivity contribution >= 4 is 23.0 Å². The van der Waals surface area contributed by atoms with Gasteiger partial charge in [0.2, 0.25) is 0 Å². The van der Waals surface area contributed by atoms with Gasteiger partial charge in [-0.25, -0.2) is 9.97 Å². The Bertz CT molecular complexity index is 496. The first-order valence-electron chi connectivity index (χ1n) is 6.61. The normalized spacial score (nSPS) is 10.4. The minimum atomic E-state index is 0.891. The maximum absolute atomic E-state index is 4.31. The van der Waals surface area contributed by atoms with Crippen LogP contribution >= 0.6 is 11.3 Å².